The van der Waals surface area contributed by atoms with Crippen LogP contribution in [0, 0.1) is 17.0 Å². The van der Waals surface area contributed by atoms with E-state index in [-0.39, 0.29) is 27.8 Å². The second kappa shape index (κ2) is 6.55. The van der Waals surface area contributed by atoms with E-state index in [1.807, 2.05) is 0 Å². The van der Waals surface area contributed by atoms with E-state index >= 15 is 0 Å². The molecule has 0 aliphatic heterocycles. The summed E-state index contributed by atoms with van der Waals surface area (Å²) in [4.78, 5) is 10.7. The first-order chi connectivity index (χ1) is 10.8. The SMILES string of the molecule is CCN(c1ccc(Cl)cc1[N+](=O)[O-])S(=O)(=O)c1cccc(C)c1. The van der Waals surface area contributed by atoms with Crippen molar-refractivity contribution in [1.29, 1.82) is 0 Å². The molecule has 0 amide bonds. The van der Waals surface area contributed by atoms with Crippen LogP contribution in [-0.2, 0) is 10.0 Å². The highest BCUT2D eigenvalue weighted by Gasteiger charge is 2.29. The van der Waals surface area contributed by atoms with Gasteiger partial charge in [0.25, 0.3) is 15.7 Å². The molecule has 122 valence electrons. The van der Waals surface area contributed by atoms with Crippen molar-refractivity contribution < 1.29 is 13.3 Å². The minimum absolute atomic E-state index is 0.0107. The van der Waals surface area contributed by atoms with Gasteiger partial charge in [-0.1, -0.05) is 23.7 Å². The molecule has 0 saturated heterocycles. The van der Waals surface area contributed by atoms with E-state index < -0.39 is 14.9 Å². The minimum Gasteiger partial charge on any atom is -0.260 e. The van der Waals surface area contributed by atoms with Gasteiger partial charge in [0.2, 0.25) is 0 Å². The van der Waals surface area contributed by atoms with Crippen molar-refractivity contribution in [3.05, 3.63) is 63.2 Å². The van der Waals surface area contributed by atoms with Gasteiger partial charge in [0.15, 0.2) is 0 Å². The Kier molecular flexibility index (Phi) is 4.91. The zero-order valence-electron chi connectivity index (χ0n) is 12.6. The normalized spacial score (nSPS) is 11.3. The largest absolute Gasteiger partial charge is 0.295 e. The van der Waals surface area contributed by atoms with E-state index in [2.05, 4.69) is 0 Å². The molecule has 2 rings (SSSR count). The quantitative estimate of drug-likeness (QED) is 0.604. The molecule has 0 heterocycles. The molecule has 0 N–H and O–H groups in total. The zero-order valence-corrected chi connectivity index (χ0v) is 14.1. The minimum atomic E-state index is -3.91. The van der Waals surface area contributed by atoms with Crippen LogP contribution in [0.15, 0.2) is 47.4 Å². The number of hydrogen-bond donors (Lipinski definition) is 0. The van der Waals surface area contributed by atoms with Crippen molar-refractivity contribution in [2.24, 2.45) is 0 Å². The van der Waals surface area contributed by atoms with Gasteiger partial charge < -0.3 is 0 Å². The third kappa shape index (κ3) is 3.46. The number of halogens is 1. The highest BCUT2D eigenvalue weighted by atomic mass is 35.5. The molecule has 8 heteroatoms. The lowest BCUT2D eigenvalue weighted by atomic mass is 10.2. The van der Waals surface area contributed by atoms with Crippen molar-refractivity contribution in [2.45, 2.75) is 18.7 Å². The summed E-state index contributed by atoms with van der Waals surface area (Å²) in [6.07, 6.45) is 0. The summed E-state index contributed by atoms with van der Waals surface area (Å²) in [6.45, 7) is 3.45. The van der Waals surface area contributed by atoms with Crippen molar-refractivity contribution in [3.63, 3.8) is 0 Å². The summed E-state index contributed by atoms with van der Waals surface area (Å²) < 4.78 is 26.7. The smallest absolute Gasteiger partial charge is 0.260 e. The van der Waals surface area contributed by atoms with Crippen molar-refractivity contribution in [2.75, 3.05) is 10.8 Å². The van der Waals surface area contributed by atoms with E-state index in [1.165, 1.54) is 24.3 Å². The van der Waals surface area contributed by atoms with Gasteiger partial charge in [0.05, 0.1) is 9.82 Å². The van der Waals surface area contributed by atoms with Crippen LogP contribution in [0.3, 0.4) is 0 Å². The van der Waals surface area contributed by atoms with Gasteiger partial charge in [0.1, 0.15) is 5.69 Å². The molecule has 2 aromatic carbocycles. The number of nitro groups is 1. The Labute approximate surface area is 139 Å². The van der Waals surface area contributed by atoms with E-state index in [1.54, 1.807) is 26.0 Å². The Morgan fingerprint density at radius 3 is 2.48 bits per heavy atom. The van der Waals surface area contributed by atoms with E-state index in [0.29, 0.717) is 0 Å². The molecule has 0 radical (unpaired) electrons. The molecule has 6 nitrogen and oxygen atoms in total. The van der Waals surface area contributed by atoms with Crippen molar-refractivity contribution >= 4 is 33.0 Å². The van der Waals surface area contributed by atoms with E-state index in [9.17, 15) is 18.5 Å². The maximum Gasteiger partial charge on any atom is 0.295 e. The van der Waals surface area contributed by atoms with Gasteiger partial charge in [-0.25, -0.2) is 8.42 Å². The van der Waals surface area contributed by atoms with Gasteiger partial charge >= 0.3 is 0 Å². The second-order valence-electron chi connectivity index (χ2n) is 4.88. The molecule has 0 atom stereocenters. The average molecular weight is 355 g/mol. The monoisotopic (exact) mass is 354 g/mol. The molecule has 0 unspecified atom stereocenters. The standard InChI is InChI=1S/C15H15ClN2O4S/c1-3-17(14-8-7-12(16)10-15(14)18(19)20)23(21,22)13-6-4-5-11(2)9-13/h4-10H,3H2,1-2H3. The number of benzene rings is 2. The third-order valence-corrected chi connectivity index (χ3v) is 5.39. The van der Waals surface area contributed by atoms with Crippen LogP contribution in [0.4, 0.5) is 11.4 Å². The van der Waals surface area contributed by atoms with Gasteiger partial charge in [0, 0.05) is 17.6 Å². The van der Waals surface area contributed by atoms with Crippen LogP contribution in [0.1, 0.15) is 12.5 Å². The number of aryl methyl sites for hydroxylation is 1. The summed E-state index contributed by atoms with van der Waals surface area (Å²) in [5, 5.41) is 11.4. The number of rotatable bonds is 5. The van der Waals surface area contributed by atoms with Gasteiger partial charge in [-0.15, -0.1) is 0 Å². The summed E-state index contributed by atoms with van der Waals surface area (Å²) in [7, 11) is -3.91. The van der Waals surface area contributed by atoms with Crippen molar-refractivity contribution in [1.82, 2.24) is 0 Å². The molecule has 0 bridgehead atoms. The van der Waals surface area contributed by atoms with Crippen LogP contribution in [0.5, 0.6) is 0 Å². The summed E-state index contributed by atoms with van der Waals surface area (Å²) in [5.41, 5.74) is 0.423. The molecule has 23 heavy (non-hydrogen) atoms. The Morgan fingerprint density at radius 1 is 1.22 bits per heavy atom. The van der Waals surface area contributed by atoms with Gasteiger partial charge in [-0.3, -0.25) is 14.4 Å². The van der Waals surface area contributed by atoms with Crippen LogP contribution in [0.2, 0.25) is 5.02 Å². The fraction of sp³-hybridized carbons (Fsp3) is 0.200. The number of sulfonamides is 1. The molecule has 0 aliphatic rings. The third-order valence-electron chi connectivity index (χ3n) is 3.27. The number of anilines is 1. The van der Waals surface area contributed by atoms with Crippen LogP contribution < -0.4 is 4.31 Å². The first kappa shape index (κ1) is 17.2. The molecular weight excluding hydrogens is 340 g/mol. The lowest BCUT2D eigenvalue weighted by Crippen LogP contribution is -2.31. The molecule has 0 aliphatic carbocycles. The summed E-state index contributed by atoms with van der Waals surface area (Å²) >= 11 is 5.79. The van der Waals surface area contributed by atoms with Crippen LogP contribution >= 0.6 is 11.6 Å². The Balaban J connectivity index is 2.63. The summed E-state index contributed by atoms with van der Waals surface area (Å²) in [5.74, 6) is 0. The molecule has 0 saturated carbocycles. The Hall–Kier alpha value is -2.12. The molecule has 0 spiro atoms. The summed E-state index contributed by atoms with van der Waals surface area (Å²) in [6, 6.07) is 10.3. The van der Waals surface area contributed by atoms with Crippen LogP contribution in [0.25, 0.3) is 0 Å². The predicted molar refractivity (Wildman–Crippen MR) is 89.5 cm³/mol. The highest BCUT2D eigenvalue weighted by molar-refractivity contribution is 7.92. The van der Waals surface area contributed by atoms with Gasteiger partial charge in [-0.05, 0) is 43.7 Å². The zero-order chi connectivity index (χ0) is 17.2. The second-order valence-corrected chi connectivity index (χ2v) is 7.18. The number of nitro benzene ring substituents is 1. The first-order valence-corrected chi connectivity index (χ1v) is 8.62. The number of hydrogen-bond acceptors (Lipinski definition) is 4. The van der Waals surface area contributed by atoms with Crippen LogP contribution in [-0.4, -0.2) is 19.9 Å². The topological polar surface area (TPSA) is 80.5 Å². The maximum absolute atomic E-state index is 12.8. The highest BCUT2D eigenvalue weighted by Crippen LogP contribution is 2.34. The lowest BCUT2D eigenvalue weighted by Gasteiger charge is -2.23. The maximum atomic E-state index is 12.8. The lowest BCUT2D eigenvalue weighted by molar-refractivity contribution is -0.384. The van der Waals surface area contributed by atoms with Gasteiger partial charge in [-0.2, -0.15) is 0 Å². The van der Waals surface area contributed by atoms with E-state index in [4.69, 9.17) is 11.6 Å². The predicted octanol–water partition coefficient (Wildman–Crippen LogP) is 3.77. The molecule has 0 fully saturated rings. The fourth-order valence-corrected chi connectivity index (χ4v) is 3.99. The van der Waals surface area contributed by atoms with Crippen molar-refractivity contribution in [3.8, 4) is 0 Å². The molecule has 2 aromatic rings. The average Bonchev–Trinajstić information content (AvgIpc) is 2.49. The fourth-order valence-electron chi connectivity index (χ4n) is 2.23. The van der Waals surface area contributed by atoms with E-state index in [0.717, 1.165) is 15.9 Å². The Morgan fingerprint density at radius 2 is 1.91 bits per heavy atom. The molecule has 0 aromatic heterocycles. The first-order valence-electron chi connectivity index (χ1n) is 6.80. The Bertz CT molecular complexity index is 852. The molecular formula is C15H15ClN2O4S. The number of nitrogens with zero attached hydrogens (tertiary/aromatic N) is 2.